The van der Waals surface area contributed by atoms with E-state index in [0.717, 1.165) is 44.9 Å². The summed E-state index contributed by atoms with van der Waals surface area (Å²) in [5, 5.41) is 0. The van der Waals surface area contributed by atoms with Crippen LogP contribution in [0.3, 0.4) is 0 Å². The van der Waals surface area contributed by atoms with Crippen LogP contribution in [0.15, 0.2) is 0 Å². The first kappa shape index (κ1) is 15.9. The summed E-state index contributed by atoms with van der Waals surface area (Å²) < 4.78 is 5.19. The van der Waals surface area contributed by atoms with Crippen molar-refractivity contribution in [1.82, 2.24) is 0 Å². The highest BCUT2D eigenvalue weighted by Gasteiger charge is 2.00. The number of esters is 1. The lowest BCUT2D eigenvalue weighted by Gasteiger charge is -2.01. The number of ketones is 1. The van der Waals surface area contributed by atoms with Gasteiger partial charge in [-0.3, -0.25) is 9.59 Å². The van der Waals surface area contributed by atoms with E-state index in [2.05, 4.69) is 27.3 Å². The minimum atomic E-state index is -0.118. The Morgan fingerprint density at radius 2 is 1.44 bits per heavy atom. The second-order valence-electron chi connectivity index (χ2n) is 3.87. The molecule has 94 valence electrons. The Kier molecular flexibility index (Phi) is 11.3. The Balaban J connectivity index is 3.10. The molecule has 0 spiro atoms. The molecule has 0 aliphatic heterocycles. The SMILES string of the molecule is COC(=O)CCCCCCCCC(=O)CI. The first-order valence-electron chi connectivity index (χ1n) is 5.85. The van der Waals surface area contributed by atoms with Crippen LogP contribution >= 0.6 is 22.6 Å². The molecule has 0 aromatic carbocycles. The Bertz CT molecular complexity index is 182. The molecule has 0 radical (unpaired) electrons. The molecule has 0 rings (SSSR count). The van der Waals surface area contributed by atoms with Gasteiger partial charge in [0, 0.05) is 12.8 Å². The number of alkyl halides is 1. The first-order chi connectivity index (χ1) is 7.70. The van der Waals surface area contributed by atoms with Crippen LogP contribution in [0.25, 0.3) is 0 Å². The second-order valence-corrected chi connectivity index (χ2v) is 4.63. The number of ether oxygens (including phenoxy) is 1. The van der Waals surface area contributed by atoms with Crippen molar-refractivity contribution in [3.05, 3.63) is 0 Å². The van der Waals surface area contributed by atoms with E-state index >= 15 is 0 Å². The molecule has 3 nitrogen and oxygen atoms in total. The molecule has 0 saturated carbocycles. The average molecular weight is 340 g/mol. The summed E-state index contributed by atoms with van der Waals surface area (Å²) in [4.78, 5) is 21.8. The van der Waals surface area contributed by atoms with Gasteiger partial charge in [0.25, 0.3) is 0 Å². The van der Waals surface area contributed by atoms with Gasteiger partial charge in [0.15, 0.2) is 0 Å². The number of carbonyl (C=O) groups excluding carboxylic acids is 2. The summed E-state index contributed by atoms with van der Waals surface area (Å²) >= 11 is 2.11. The molecule has 0 saturated heterocycles. The highest BCUT2D eigenvalue weighted by molar-refractivity contribution is 14.1. The van der Waals surface area contributed by atoms with Crippen LogP contribution in [0, 0.1) is 0 Å². The number of hydrogen-bond acceptors (Lipinski definition) is 3. The lowest BCUT2D eigenvalue weighted by atomic mass is 10.1. The van der Waals surface area contributed by atoms with E-state index in [1.54, 1.807) is 0 Å². The quantitative estimate of drug-likeness (QED) is 0.265. The van der Waals surface area contributed by atoms with Crippen LogP contribution in [-0.2, 0) is 14.3 Å². The zero-order valence-electron chi connectivity index (χ0n) is 9.97. The van der Waals surface area contributed by atoms with Crippen molar-refractivity contribution in [3.63, 3.8) is 0 Å². The Hall–Kier alpha value is -0.130. The number of halogens is 1. The highest BCUT2D eigenvalue weighted by atomic mass is 127. The monoisotopic (exact) mass is 340 g/mol. The van der Waals surface area contributed by atoms with Gasteiger partial charge in [-0.15, -0.1) is 0 Å². The maximum absolute atomic E-state index is 11.0. The molecule has 0 heterocycles. The lowest BCUT2D eigenvalue weighted by Crippen LogP contribution is -1.99. The van der Waals surface area contributed by atoms with Crippen molar-refractivity contribution in [1.29, 1.82) is 0 Å². The molecule has 0 aromatic heterocycles. The summed E-state index contributed by atoms with van der Waals surface area (Å²) in [7, 11) is 1.42. The minimum Gasteiger partial charge on any atom is -0.469 e. The van der Waals surface area contributed by atoms with Crippen LogP contribution in [-0.4, -0.2) is 23.3 Å². The zero-order chi connectivity index (χ0) is 12.2. The second kappa shape index (κ2) is 11.4. The molecule has 0 atom stereocenters. The fourth-order valence-electron chi connectivity index (χ4n) is 1.47. The normalized spacial score (nSPS) is 10.1. The van der Waals surface area contributed by atoms with E-state index < -0.39 is 0 Å². The van der Waals surface area contributed by atoms with Gasteiger partial charge in [-0.1, -0.05) is 48.3 Å². The summed E-state index contributed by atoms with van der Waals surface area (Å²) in [6.45, 7) is 0. The fourth-order valence-corrected chi connectivity index (χ4v) is 1.85. The lowest BCUT2D eigenvalue weighted by molar-refractivity contribution is -0.140. The van der Waals surface area contributed by atoms with Crippen LogP contribution < -0.4 is 0 Å². The maximum atomic E-state index is 11.0. The van der Waals surface area contributed by atoms with Crippen molar-refractivity contribution in [2.75, 3.05) is 11.5 Å². The third-order valence-corrected chi connectivity index (χ3v) is 3.31. The van der Waals surface area contributed by atoms with Crippen molar-refractivity contribution >= 4 is 34.3 Å². The number of unbranched alkanes of at least 4 members (excludes halogenated alkanes) is 5. The molecule has 0 N–H and O–H groups in total. The maximum Gasteiger partial charge on any atom is 0.305 e. The van der Waals surface area contributed by atoms with Crippen molar-refractivity contribution < 1.29 is 14.3 Å². The number of carbonyl (C=O) groups is 2. The van der Waals surface area contributed by atoms with Crippen LogP contribution in [0.2, 0.25) is 0 Å². The van der Waals surface area contributed by atoms with E-state index in [9.17, 15) is 9.59 Å². The molecule has 0 fully saturated rings. The van der Waals surface area contributed by atoms with Gasteiger partial charge in [-0.25, -0.2) is 0 Å². The number of Topliss-reactive ketones (excluding diaryl/α,β-unsaturated/α-hetero) is 1. The Morgan fingerprint density at radius 1 is 0.938 bits per heavy atom. The van der Waals surface area contributed by atoms with Gasteiger partial charge in [0.1, 0.15) is 5.78 Å². The summed E-state index contributed by atoms with van der Waals surface area (Å²) in [5.74, 6) is 0.235. The largest absolute Gasteiger partial charge is 0.469 e. The molecule has 0 amide bonds. The van der Waals surface area contributed by atoms with E-state index in [1.165, 1.54) is 7.11 Å². The third kappa shape index (κ3) is 10.4. The Morgan fingerprint density at radius 3 is 1.94 bits per heavy atom. The molecular weight excluding hydrogens is 319 g/mol. The minimum absolute atomic E-state index is 0.118. The topological polar surface area (TPSA) is 43.4 Å². The van der Waals surface area contributed by atoms with Gasteiger partial charge in [0.05, 0.1) is 11.5 Å². The van der Waals surface area contributed by atoms with Crippen molar-refractivity contribution in [2.24, 2.45) is 0 Å². The predicted octanol–water partition coefficient (Wildman–Crippen LogP) is 3.28. The van der Waals surface area contributed by atoms with E-state index in [1.807, 2.05) is 0 Å². The summed E-state index contributed by atoms with van der Waals surface area (Å²) in [6, 6.07) is 0. The molecular formula is C12H21IO3. The van der Waals surface area contributed by atoms with Gasteiger partial charge >= 0.3 is 5.97 Å². The molecule has 0 aliphatic rings. The standard InChI is InChI=1S/C12H21IO3/c1-16-12(15)9-7-5-3-2-4-6-8-11(14)10-13/h2-10H2,1H3. The number of methoxy groups -OCH3 is 1. The molecule has 0 unspecified atom stereocenters. The molecule has 4 heteroatoms. The predicted molar refractivity (Wildman–Crippen MR) is 72.8 cm³/mol. The fraction of sp³-hybridized carbons (Fsp3) is 0.833. The van der Waals surface area contributed by atoms with Crippen LogP contribution in [0.4, 0.5) is 0 Å². The van der Waals surface area contributed by atoms with Crippen LogP contribution in [0.1, 0.15) is 51.4 Å². The van der Waals surface area contributed by atoms with E-state index in [-0.39, 0.29) is 5.97 Å². The smallest absolute Gasteiger partial charge is 0.305 e. The number of hydrogen-bond donors (Lipinski definition) is 0. The van der Waals surface area contributed by atoms with Gasteiger partial charge < -0.3 is 4.74 Å². The number of rotatable bonds is 10. The molecule has 0 aromatic rings. The van der Waals surface area contributed by atoms with Crippen molar-refractivity contribution in [2.45, 2.75) is 51.4 Å². The van der Waals surface area contributed by atoms with Gasteiger partial charge in [0.2, 0.25) is 0 Å². The van der Waals surface area contributed by atoms with Gasteiger partial charge in [-0.05, 0) is 12.8 Å². The zero-order valence-corrected chi connectivity index (χ0v) is 12.1. The highest BCUT2D eigenvalue weighted by Crippen LogP contribution is 2.09. The molecule has 0 aliphatic carbocycles. The average Bonchev–Trinajstić information content (AvgIpc) is 2.31. The Labute approximate surface area is 111 Å². The first-order valence-corrected chi connectivity index (χ1v) is 7.37. The summed E-state index contributed by atoms with van der Waals surface area (Å²) in [5.41, 5.74) is 0. The van der Waals surface area contributed by atoms with Crippen molar-refractivity contribution in [3.8, 4) is 0 Å². The van der Waals surface area contributed by atoms with Crippen LogP contribution in [0.5, 0.6) is 0 Å². The molecule has 16 heavy (non-hydrogen) atoms. The van der Waals surface area contributed by atoms with E-state index in [0.29, 0.717) is 16.6 Å². The molecule has 0 bridgehead atoms. The summed E-state index contributed by atoms with van der Waals surface area (Å²) in [6.07, 6.45) is 7.70. The van der Waals surface area contributed by atoms with Gasteiger partial charge in [-0.2, -0.15) is 0 Å². The third-order valence-electron chi connectivity index (χ3n) is 2.46. The van der Waals surface area contributed by atoms with E-state index in [4.69, 9.17) is 0 Å².